The van der Waals surface area contributed by atoms with Gasteiger partial charge in [-0.1, -0.05) is 152 Å². The van der Waals surface area contributed by atoms with Gasteiger partial charge in [0, 0.05) is 50.3 Å². The van der Waals surface area contributed by atoms with Crippen molar-refractivity contribution in [2.45, 2.75) is 24.8 Å². The van der Waals surface area contributed by atoms with Gasteiger partial charge in [-0.25, -0.2) is 0 Å². The van der Waals surface area contributed by atoms with Crippen LogP contribution in [0.1, 0.15) is 41.5 Å². The second kappa shape index (κ2) is 13.5. The van der Waals surface area contributed by atoms with E-state index < -0.39 is 0 Å². The highest BCUT2D eigenvalue weighted by atomic mass is 16.3. The number of rotatable bonds is 6. The Hall–Kier alpha value is -6.84. The Bertz CT molecular complexity index is 3000. The highest BCUT2D eigenvalue weighted by molar-refractivity contribution is 6.10. The van der Waals surface area contributed by atoms with Crippen molar-refractivity contribution in [3.05, 3.63) is 216 Å². The molecular weight excluding hydrogens is 681 g/mol. The molecule has 56 heavy (non-hydrogen) atoms. The fourth-order valence-corrected chi connectivity index (χ4v) is 9.15. The second-order valence-electron chi connectivity index (χ2n) is 15.3. The standard InChI is InChI=1S/C53H40N2O/c1-3-12-38(13-4-1)48-33-41(34-49(54-48)39-14-5-2-6-15-39)36-24-22-35(23-25-36)40-28-31-51-47(32-40)44-16-7-9-20-50(44)55(51)42-29-26-37(27-30-42)43-18-11-19-46-45-17-8-10-21-52(45)56-53(43)46/h1-22,24,26-36,48,54H,23,25H2. The van der Waals surface area contributed by atoms with Crippen molar-refractivity contribution in [1.82, 2.24) is 9.88 Å². The SMILES string of the molecule is C1=CC(c2ccc3c(c2)c2ccccc2n3-c2ccc(-c3cccc4c3oc3ccccc34)cc2)CCC1C1=CC(c2ccccc2)NC(c2ccccc2)=C1. The van der Waals surface area contributed by atoms with E-state index in [-0.39, 0.29) is 6.04 Å². The molecule has 1 aliphatic carbocycles. The minimum absolute atomic E-state index is 0.138. The number of benzene rings is 7. The molecule has 3 unspecified atom stereocenters. The third kappa shape index (κ3) is 5.58. The smallest absolute Gasteiger partial charge is 0.143 e. The van der Waals surface area contributed by atoms with Crippen molar-refractivity contribution >= 4 is 49.4 Å². The minimum Gasteiger partial charge on any atom is -0.455 e. The van der Waals surface area contributed by atoms with Gasteiger partial charge in [-0.05, 0) is 83.1 Å². The van der Waals surface area contributed by atoms with Gasteiger partial charge in [0.2, 0.25) is 0 Å². The van der Waals surface area contributed by atoms with E-state index >= 15 is 0 Å². The number of allylic oxidation sites excluding steroid dienone is 4. The van der Waals surface area contributed by atoms with Gasteiger partial charge in [0.1, 0.15) is 11.2 Å². The lowest BCUT2D eigenvalue weighted by Gasteiger charge is -2.30. The monoisotopic (exact) mass is 720 g/mol. The molecular formula is C53H40N2O. The molecule has 0 fully saturated rings. The van der Waals surface area contributed by atoms with Crippen LogP contribution in [0.5, 0.6) is 0 Å². The Morgan fingerprint density at radius 1 is 0.518 bits per heavy atom. The first-order chi connectivity index (χ1) is 27.7. The summed E-state index contributed by atoms with van der Waals surface area (Å²) in [4.78, 5) is 0. The van der Waals surface area contributed by atoms with Gasteiger partial charge in [-0.3, -0.25) is 0 Å². The van der Waals surface area contributed by atoms with E-state index in [1.54, 1.807) is 0 Å². The fraction of sp³-hybridized carbons (Fsp3) is 0.0943. The molecule has 3 nitrogen and oxygen atoms in total. The molecule has 9 aromatic rings. The highest BCUT2D eigenvalue weighted by Gasteiger charge is 2.25. The fourth-order valence-electron chi connectivity index (χ4n) is 9.15. The van der Waals surface area contributed by atoms with Gasteiger partial charge in [0.25, 0.3) is 0 Å². The Labute approximate surface area is 326 Å². The molecule has 0 saturated heterocycles. The number of hydrogen-bond acceptors (Lipinski definition) is 2. The van der Waals surface area contributed by atoms with Crippen LogP contribution >= 0.6 is 0 Å². The topological polar surface area (TPSA) is 30.1 Å². The molecule has 1 N–H and O–H groups in total. The molecule has 11 rings (SSSR count). The van der Waals surface area contributed by atoms with Crippen molar-refractivity contribution in [3.8, 4) is 16.8 Å². The summed E-state index contributed by atoms with van der Waals surface area (Å²) in [6.45, 7) is 0. The Kier molecular flexibility index (Phi) is 7.84. The molecule has 3 heterocycles. The molecule has 3 heteroatoms. The number of fused-ring (bicyclic) bond motifs is 6. The van der Waals surface area contributed by atoms with Crippen LogP contribution in [0.15, 0.2) is 204 Å². The van der Waals surface area contributed by atoms with E-state index in [2.05, 4.69) is 192 Å². The third-order valence-corrected chi connectivity index (χ3v) is 12.0. The number of hydrogen-bond donors (Lipinski definition) is 1. The Morgan fingerprint density at radius 2 is 1.21 bits per heavy atom. The van der Waals surface area contributed by atoms with Crippen LogP contribution in [0, 0.1) is 5.92 Å². The van der Waals surface area contributed by atoms with Crippen molar-refractivity contribution in [1.29, 1.82) is 0 Å². The lowest BCUT2D eigenvalue weighted by Crippen LogP contribution is -2.24. The van der Waals surface area contributed by atoms with Crippen molar-refractivity contribution < 1.29 is 4.42 Å². The number of para-hydroxylation sites is 3. The van der Waals surface area contributed by atoms with Crippen LogP contribution in [-0.2, 0) is 0 Å². The first-order valence-corrected chi connectivity index (χ1v) is 19.8. The molecule has 2 aliphatic rings. The van der Waals surface area contributed by atoms with Crippen molar-refractivity contribution in [2.24, 2.45) is 5.92 Å². The van der Waals surface area contributed by atoms with Crippen molar-refractivity contribution in [2.75, 3.05) is 0 Å². The lowest BCUT2D eigenvalue weighted by atomic mass is 9.79. The van der Waals surface area contributed by atoms with E-state index in [1.807, 2.05) is 12.1 Å². The maximum Gasteiger partial charge on any atom is 0.143 e. The normalized spacial score (nSPS) is 18.3. The largest absolute Gasteiger partial charge is 0.455 e. The number of furan rings is 1. The molecule has 0 amide bonds. The van der Waals surface area contributed by atoms with E-state index in [1.165, 1.54) is 49.8 Å². The molecule has 0 radical (unpaired) electrons. The average molecular weight is 721 g/mol. The molecule has 0 saturated carbocycles. The molecule has 0 spiro atoms. The summed E-state index contributed by atoms with van der Waals surface area (Å²) >= 11 is 0. The Balaban J connectivity index is 0.909. The highest BCUT2D eigenvalue weighted by Crippen LogP contribution is 2.41. The lowest BCUT2D eigenvalue weighted by molar-refractivity contribution is 0.563. The summed E-state index contributed by atoms with van der Waals surface area (Å²) in [7, 11) is 0. The number of nitrogens with one attached hydrogen (secondary N) is 1. The summed E-state index contributed by atoms with van der Waals surface area (Å²) in [5.41, 5.74) is 14.2. The molecule has 7 aromatic carbocycles. The summed E-state index contributed by atoms with van der Waals surface area (Å²) in [6, 6.07) is 61.3. The van der Waals surface area contributed by atoms with Crippen LogP contribution in [0.25, 0.3) is 66.3 Å². The van der Waals surface area contributed by atoms with Crippen molar-refractivity contribution in [3.63, 3.8) is 0 Å². The summed E-state index contributed by atoms with van der Waals surface area (Å²) < 4.78 is 8.79. The van der Waals surface area contributed by atoms with E-state index in [4.69, 9.17) is 4.42 Å². The number of aromatic nitrogens is 1. The van der Waals surface area contributed by atoms with Gasteiger partial charge < -0.3 is 14.3 Å². The predicted octanol–water partition coefficient (Wildman–Crippen LogP) is 13.7. The third-order valence-electron chi connectivity index (χ3n) is 12.0. The van der Waals surface area contributed by atoms with Gasteiger partial charge in [0.05, 0.1) is 17.1 Å². The average Bonchev–Trinajstić information content (AvgIpc) is 3.83. The van der Waals surface area contributed by atoms with Crippen LogP contribution in [0.4, 0.5) is 0 Å². The zero-order valence-corrected chi connectivity index (χ0v) is 31.0. The van der Waals surface area contributed by atoms with Crippen LogP contribution < -0.4 is 5.32 Å². The first kappa shape index (κ1) is 32.6. The maximum absolute atomic E-state index is 6.38. The van der Waals surface area contributed by atoms with E-state index in [0.29, 0.717) is 11.8 Å². The molecule has 0 bridgehead atoms. The molecule has 268 valence electrons. The van der Waals surface area contributed by atoms with E-state index in [0.717, 1.165) is 51.6 Å². The molecule has 2 aromatic heterocycles. The zero-order valence-electron chi connectivity index (χ0n) is 31.0. The Morgan fingerprint density at radius 3 is 2.04 bits per heavy atom. The number of nitrogens with zero attached hydrogens (tertiary/aromatic N) is 1. The van der Waals surface area contributed by atoms with E-state index in [9.17, 15) is 0 Å². The van der Waals surface area contributed by atoms with Gasteiger partial charge in [-0.2, -0.15) is 0 Å². The second-order valence-corrected chi connectivity index (χ2v) is 15.3. The van der Waals surface area contributed by atoms with Crippen LogP contribution in [0.2, 0.25) is 0 Å². The van der Waals surface area contributed by atoms with Gasteiger partial charge >= 0.3 is 0 Å². The summed E-state index contributed by atoms with van der Waals surface area (Å²) in [5.74, 6) is 0.758. The zero-order chi connectivity index (χ0) is 37.0. The maximum atomic E-state index is 6.38. The van der Waals surface area contributed by atoms with Crippen LogP contribution in [0.3, 0.4) is 0 Å². The summed E-state index contributed by atoms with van der Waals surface area (Å²) in [5, 5.41) is 8.69. The van der Waals surface area contributed by atoms with Crippen LogP contribution in [-0.4, -0.2) is 4.57 Å². The minimum atomic E-state index is 0.138. The van der Waals surface area contributed by atoms with Gasteiger partial charge in [-0.15, -0.1) is 0 Å². The predicted molar refractivity (Wildman–Crippen MR) is 233 cm³/mol. The number of dihydropyridines is 1. The van der Waals surface area contributed by atoms with Gasteiger partial charge in [0.15, 0.2) is 0 Å². The quantitative estimate of drug-likeness (QED) is 0.173. The first-order valence-electron chi connectivity index (χ1n) is 19.8. The molecule has 1 aliphatic heterocycles. The summed E-state index contributed by atoms with van der Waals surface area (Å²) in [6.07, 6.45) is 12.0. The molecule has 3 atom stereocenters.